The van der Waals surface area contributed by atoms with Crippen LogP contribution < -0.4 is 0 Å². The van der Waals surface area contributed by atoms with Gasteiger partial charge in [-0.15, -0.1) is 0 Å². The molecule has 152 valence electrons. The second kappa shape index (κ2) is 8.72. The Morgan fingerprint density at radius 2 is 1.55 bits per heavy atom. The standard InChI is InChI=1S/C23H28N4O2/c1-17-15-25-21(16-24-17)23(29)27-12-8-19(9-13-27)14-18-4-6-20(7-5-18)22(28)26-10-2-3-11-26/h4-7,15-16,19H,2-3,8-14H2,1H3. The first kappa shape index (κ1) is 19.6. The van der Waals surface area contributed by atoms with Crippen LogP contribution in [0.25, 0.3) is 0 Å². The van der Waals surface area contributed by atoms with Crippen molar-refractivity contribution in [3.05, 3.63) is 59.2 Å². The third-order valence-electron chi connectivity index (χ3n) is 6.02. The van der Waals surface area contributed by atoms with Crippen molar-refractivity contribution < 1.29 is 9.59 Å². The Morgan fingerprint density at radius 3 is 2.17 bits per heavy atom. The highest BCUT2D eigenvalue weighted by molar-refractivity contribution is 5.94. The van der Waals surface area contributed by atoms with Gasteiger partial charge in [0.15, 0.2) is 0 Å². The van der Waals surface area contributed by atoms with Crippen molar-refractivity contribution in [1.82, 2.24) is 19.8 Å². The first-order valence-corrected chi connectivity index (χ1v) is 10.6. The molecule has 0 N–H and O–H groups in total. The van der Waals surface area contributed by atoms with Crippen LogP contribution in [0, 0.1) is 12.8 Å². The fourth-order valence-electron chi connectivity index (χ4n) is 4.22. The first-order valence-electron chi connectivity index (χ1n) is 10.6. The summed E-state index contributed by atoms with van der Waals surface area (Å²) in [6.07, 6.45) is 8.39. The first-order chi connectivity index (χ1) is 14.1. The maximum absolute atomic E-state index is 12.6. The minimum absolute atomic E-state index is 0.0271. The number of aryl methyl sites for hydroxylation is 1. The van der Waals surface area contributed by atoms with Gasteiger partial charge in [0.25, 0.3) is 11.8 Å². The number of hydrogen-bond donors (Lipinski definition) is 0. The smallest absolute Gasteiger partial charge is 0.274 e. The number of rotatable bonds is 4. The Bertz CT molecular complexity index is 849. The number of nitrogens with zero attached hydrogens (tertiary/aromatic N) is 4. The van der Waals surface area contributed by atoms with Crippen molar-refractivity contribution in [3.63, 3.8) is 0 Å². The summed E-state index contributed by atoms with van der Waals surface area (Å²) in [5.41, 5.74) is 3.29. The molecule has 0 aliphatic carbocycles. The lowest BCUT2D eigenvalue weighted by atomic mass is 9.89. The molecule has 29 heavy (non-hydrogen) atoms. The van der Waals surface area contributed by atoms with E-state index < -0.39 is 0 Å². The molecule has 2 amide bonds. The van der Waals surface area contributed by atoms with E-state index in [1.807, 2.05) is 28.9 Å². The predicted molar refractivity (Wildman–Crippen MR) is 111 cm³/mol. The van der Waals surface area contributed by atoms with Gasteiger partial charge in [-0.2, -0.15) is 0 Å². The normalized spacial score (nSPS) is 17.6. The van der Waals surface area contributed by atoms with E-state index in [4.69, 9.17) is 0 Å². The summed E-state index contributed by atoms with van der Waals surface area (Å²) in [6.45, 7) is 5.13. The van der Waals surface area contributed by atoms with E-state index >= 15 is 0 Å². The molecule has 1 aromatic heterocycles. The fourth-order valence-corrected chi connectivity index (χ4v) is 4.22. The molecule has 0 radical (unpaired) electrons. The number of piperidine rings is 1. The van der Waals surface area contributed by atoms with Gasteiger partial charge in [0.1, 0.15) is 5.69 Å². The van der Waals surface area contributed by atoms with Crippen LogP contribution in [0.1, 0.15) is 57.8 Å². The molecule has 6 heteroatoms. The van der Waals surface area contributed by atoms with E-state index in [0.29, 0.717) is 11.6 Å². The summed E-state index contributed by atoms with van der Waals surface area (Å²) in [5.74, 6) is 0.684. The van der Waals surface area contributed by atoms with Crippen LogP contribution in [-0.2, 0) is 6.42 Å². The average molecular weight is 393 g/mol. The summed E-state index contributed by atoms with van der Waals surface area (Å²) in [5, 5.41) is 0. The van der Waals surface area contributed by atoms with Gasteiger partial charge >= 0.3 is 0 Å². The van der Waals surface area contributed by atoms with Gasteiger partial charge in [-0.3, -0.25) is 14.6 Å². The van der Waals surface area contributed by atoms with E-state index in [9.17, 15) is 9.59 Å². The van der Waals surface area contributed by atoms with Gasteiger partial charge in [0.2, 0.25) is 0 Å². The number of aromatic nitrogens is 2. The average Bonchev–Trinajstić information content (AvgIpc) is 3.29. The Labute approximate surface area is 172 Å². The largest absolute Gasteiger partial charge is 0.339 e. The highest BCUT2D eigenvalue weighted by atomic mass is 16.2. The molecule has 2 aliphatic heterocycles. The second-order valence-corrected chi connectivity index (χ2v) is 8.18. The van der Waals surface area contributed by atoms with Gasteiger partial charge in [0.05, 0.1) is 11.9 Å². The minimum atomic E-state index is -0.0271. The lowest BCUT2D eigenvalue weighted by Gasteiger charge is -2.31. The molecular weight excluding hydrogens is 364 g/mol. The van der Waals surface area contributed by atoms with Crippen LogP contribution in [0.15, 0.2) is 36.7 Å². The van der Waals surface area contributed by atoms with E-state index in [1.165, 1.54) is 5.56 Å². The lowest BCUT2D eigenvalue weighted by molar-refractivity contribution is 0.0683. The molecule has 0 spiro atoms. The Balaban J connectivity index is 1.28. The topological polar surface area (TPSA) is 66.4 Å². The van der Waals surface area contributed by atoms with Crippen molar-refractivity contribution in [3.8, 4) is 0 Å². The van der Waals surface area contributed by atoms with E-state index in [-0.39, 0.29) is 11.8 Å². The van der Waals surface area contributed by atoms with Crippen molar-refractivity contribution in [2.24, 2.45) is 5.92 Å². The van der Waals surface area contributed by atoms with Crippen molar-refractivity contribution in [2.75, 3.05) is 26.2 Å². The Morgan fingerprint density at radius 1 is 0.897 bits per heavy atom. The quantitative estimate of drug-likeness (QED) is 0.802. The van der Waals surface area contributed by atoms with Crippen LogP contribution in [0.4, 0.5) is 0 Å². The van der Waals surface area contributed by atoms with Gasteiger partial charge < -0.3 is 9.80 Å². The summed E-state index contributed by atoms with van der Waals surface area (Å²) < 4.78 is 0. The zero-order valence-electron chi connectivity index (χ0n) is 17.0. The SMILES string of the molecule is Cc1cnc(C(=O)N2CCC(Cc3ccc(C(=O)N4CCCC4)cc3)CC2)cn1. The molecule has 4 rings (SSSR count). The molecule has 0 unspecified atom stereocenters. The van der Waals surface area contributed by atoms with Crippen LogP contribution in [0.2, 0.25) is 0 Å². The molecule has 2 aliphatic rings. The van der Waals surface area contributed by atoms with Crippen LogP contribution >= 0.6 is 0 Å². The number of carbonyl (C=O) groups excluding carboxylic acids is 2. The van der Waals surface area contributed by atoms with Gasteiger partial charge in [-0.05, 0) is 62.6 Å². The zero-order chi connectivity index (χ0) is 20.2. The fraction of sp³-hybridized carbons (Fsp3) is 0.478. The Kier molecular flexibility index (Phi) is 5.88. The molecule has 2 saturated heterocycles. The molecule has 2 aromatic rings. The predicted octanol–water partition coefficient (Wildman–Crippen LogP) is 3.12. The number of hydrogen-bond acceptors (Lipinski definition) is 4. The summed E-state index contributed by atoms with van der Waals surface area (Å²) in [6, 6.07) is 8.10. The van der Waals surface area contributed by atoms with Crippen LogP contribution in [0.3, 0.4) is 0 Å². The zero-order valence-corrected chi connectivity index (χ0v) is 17.0. The van der Waals surface area contributed by atoms with Gasteiger partial charge in [0, 0.05) is 37.9 Å². The minimum Gasteiger partial charge on any atom is -0.339 e. The lowest BCUT2D eigenvalue weighted by Crippen LogP contribution is -2.39. The molecule has 3 heterocycles. The highest BCUT2D eigenvalue weighted by Gasteiger charge is 2.25. The molecular formula is C23H28N4O2. The molecule has 2 fully saturated rings. The maximum Gasteiger partial charge on any atom is 0.274 e. The maximum atomic E-state index is 12.6. The molecule has 0 bridgehead atoms. The number of amides is 2. The Hall–Kier alpha value is -2.76. The van der Waals surface area contributed by atoms with Crippen LogP contribution in [0.5, 0.6) is 0 Å². The third-order valence-corrected chi connectivity index (χ3v) is 6.02. The van der Waals surface area contributed by atoms with Crippen molar-refractivity contribution in [2.45, 2.75) is 39.0 Å². The summed E-state index contributed by atoms with van der Waals surface area (Å²) in [7, 11) is 0. The second-order valence-electron chi connectivity index (χ2n) is 8.18. The van der Waals surface area contributed by atoms with Gasteiger partial charge in [-0.25, -0.2) is 4.98 Å². The number of carbonyl (C=O) groups is 2. The molecule has 1 aromatic carbocycles. The van der Waals surface area contributed by atoms with Crippen molar-refractivity contribution in [1.29, 1.82) is 0 Å². The molecule has 0 saturated carbocycles. The van der Waals surface area contributed by atoms with Gasteiger partial charge in [-0.1, -0.05) is 12.1 Å². The molecule has 6 nitrogen and oxygen atoms in total. The van der Waals surface area contributed by atoms with Crippen LogP contribution in [-0.4, -0.2) is 57.8 Å². The van der Waals surface area contributed by atoms with Crippen molar-refractivity contribution >= 4 is 11.8 Å². The molecule has 0 atom stereocenters. The highest BCUT2D eigenvalue weighted by Crippen LogP contribution is 2.23. The monoisotopic (exact) mass is 392 g/mol. The third kappa shape index (κ3) is 4.63. The van der Waals surface area contributed by atoms with E-state index in [0.717, 1.165) is 69.5 Å². The number of likely N-dealkylation sites (tertiary alicyclic amines) is 2. The van der Waals surface area contributed by atoms with E-state index in [1.54, 1.807) is 12.4 Å². The summed E-state index contributed by atoms with van der Waals surface area (Å²) in [4.78, 5) is 37.2. The number of benzene rings is 1. The van der Waals surface area contributed by atoms with E-state index in [2.05, 4.69) is 22.1 Å². The summed E-state index contributed by atoms with van der Waals surface area (Å²) >= 11 is 0.